The lowest BCUT2D eigenvalue weighted by Crippen LogP contribution is -2.31. The second kappa shape index (κ2) is 6.38. The highest BCUT2D eigenvalue weighted by molar-refractivity contribution is 4.63. The summed E-state index contributed by atoms with van der Waals surface area (Å²) in [5.41, 5.74) is 0. The van der Waals surface area contributed by atoms with E-state index in [1.54, 1.807) is 7.11 Å². The highest BCUT2D eigenvalue weighted by atomic mass is 16.7. The van der Waals surface area contributed by atoms with Crippen LogP contribution in [0, 0.1) is 5.92 Å². The lowest BCUT2D eigenvalue weighted by molar-refractivity contribution is -0.195. The minimum Gasteiger partial charge on any atom is -0.384 e. The summed E-state index contributed by atoms with van der Waals surface area (Å²) in [6.07, 6.45) is 3.64. The highest BCUT2D eigenvalue weighted by Crippen LogP contribution is 2.18. The van der Waals surface area contributed by atoms with Gasteiger partial charge in [-0.25, -0.2) is 0 Å². The monoisotopic (exact) mass is 202 g/mol. The Kier molecular flexibility index (Phi) is 5.45. The lowest BCUT2D eigenvalue weighted by atomic mass is 10.1. The molecule has 1 fully saturated rings. The summed E-state index contributed by atoms with van der Waals surface area (Å²) in [5, 5.41) is 0. The maximum Gasteiger partial charge on any atom is 0.157 e. The SMILES string of the molecule is COC[C@H](C)[C@H](C)OC1CCCCO1. The van der Waals surface area contributed by atoms with E-state index in [1.807, 2.05) is 0 Å². The van der Waals surface area contributed by atoms with Crippen molar-refractivity contribution < 1.29 is 14.2 Å². The first-order valence-corrected chi connectivity index (χ1v) is 5.50. The number of rotatable bonds is 5. The quantitative estimate of drug-likeness (QED) is 0.684. The molecule has 1 unspecified atom stereocenters. The van der Waals surface area contributed by atoms with Gasteiger partial charge in [0.05, 0.1) is 12.7 Å². The Bertz CT molecular complexity index is 143. The van der Waals surface area contributed by atoms with Crippen LogP contribution in [0.15, 0.2) is 0 Å². The average molecular weight is 202 g/mol. The van der Waals surface area contributed by atoms with E-state index in [0.717, 1.165) is 19.6 Å². The van der Waals surface area contributed by atoms with Crippen molar-refractivity contribution in [3.05, 3.63) is 0 Å². The van der Waals surface area contributed by atoms with Crippen molar-refractivity contribution in [1.82, 2.24) is 0 Å². The summed E-state index contributed by atoms with van der Waals surface area (Å²) in [7, 11) is 1.72. The van der Waals surface area contributed by atoms with Crippen LogP contribution in [0.5, 0.6) is 0 Å². The minimum atomic E-state index is 0.0121. The predicted molar refractivity (Wildman–Crippen MR) is 55.2 cm³/mol. The van der Waals surface area contributed by atoms with Crippen molar-refractivity contribution in [2.24, 2.45) is 5.92 Å². The number of methoxy groups -OCH3 is 1. The molecule has 84 valence electrons. The van der Waals surface area contributed by atoms with Gasteiger partial charge in [-0.05, 0) is 26.2 Å². The fourth-order valence-corrected chi connectivity index (χ4v) is 1.59. The molecule has 1 aliphatic heterocycles. The summed E-state index contributed by atoms with van der Waals surface area (Å²) < 4.78 is 16.4. The van der Waals surface area contributed by atoms with Crippen LogP contribution >= 0.6 is 0 Å². The molecule has 0 aromatic rings. The summed E-state index contributed by atoms with van der Waals surface area (Å²) in [6, 6.07) is 0. The summed E-state index contributed by atoms with van der Waals surface area (Å²) in [4.78, 5) is 0. The Balaban J connectivity index is 2.20. The van der Waals surface area contributed by atoms with Crippen LogP contribution in [0.2, 0.25) is 0 Å². The van der Waals surface area contributed by atoms with Gasteiger partial charge in [0.2, 0.25) is 0 Å². The predicted octanol–water partition coefficient (Wildman–Crippen LogP) is 2.20. The second-order valence-electron chi connectivity index (χ2n) is 4.07. The van der Waals surface area contributed by atoms with Crippen LogP contribution in [0.25, 0.3) is 0 Å². The Morgan fingerprint density at radius 3 is 2.71 bits per heavy atom. The summed E-state index contributed by atoms with van der Waals surface area (Å²) in [6.45, 7) is 5.81. The fraction of sp³-hybridized carbons (Fsp3) is 1.00. The number of hydrogen-bond acceptors (Lipinski definition) is 3. The molecule has 0 aromatic heterocycles. The standard InChI is InChI=1S/C11H22O3/c1-9(8-12-3)10(2)14-11-6-4-5-7-13-11/h9-11H,4-8H2,1-3H3/t9-,10-,11?/m0/s1. The third-order valence-electron chi connectivity index (χ3n) is 2.74. The maximum atomic E-state index is 5.80. The van der Waals surface area contributed by atoms with E-state index in [1.165, 1.54) is 12.8 Å². The third-order valence-corrected chi connectivity index (χ3v) is 2.74. The second-order valence-corrected chi connectivity index (χ2v) is 4.07. The highest BCUT2D eigenvalue weighted by Gasteiger charge is 2.20. The van der Waals surface area contributed by atoms with Gasteiger partial charge < -0.3 is 14.2 Å². The third kappa shape index (κ3) is 3.95. The molecule has 1 heterocycles. The van der Waals surface area contributed by atoms with E-state index in [4.69, 9.17) is 14.2 Å². The largest absolute Gasteiger partial charge is 0.384 e. The van der Waals surface area contributed by atoms with E-state index >= 15 is 0 Å². The molecule has 0 amide bonds. The van der Waals surface area contributed by atoms with Gasteiger partial charge in [0.15, 0.2) is 6.29 Å². The number of ether oxygens (including phenoxy) is 3. The first-order valence-electron chi connectivity index (χ1n) is 5.50. The van der Waals surface area contributed by atoms with Crippen LogP contribution in [-0.2, 0) is 14.2 Å². The van der Waals surface area contributed by atoms with E-state index in [9.17, 15) is 0 Å². The van der Waals surface area contributed by atoms with Crippen molar-refractivity contribution in [3.63, 3.8) is 0 Å². The molecular weight excluding hydrogens is 180 g/mol. The average Bonchev–Trinajstić information content (AvgIpc) is 2.19. The van der Waals surface area contributed by atoms with E-state index in [0.29, 0.717) is 5.92 Å². The topological polar surface area (TPSA) is 27.7 Å². The molecule has 3 heteroatoms. The van der Waals surface area contributed by atoms with Gasteiger partial charge in [0.25, 0.3) is 0 Å². The van der Waals surface area contributed by atoms with E-state index < -0.39 is 0 Å². The van der Waals surface area contributed by atoms with Crippen LogP contribution < -0.4 is 0 Å². The van der Waals surface area contributed by atoms with Crippen molar-refractivity contribution >= 4 is 0 Å². The molecule has 0 aliphatic carbocycles. The van der Waals surface area contributed by atoms with Crippen molar-refractivity contribution in [3.8, 4) is 0 Å². The minimum absolute atomic E-state index is 0.0121. The molecule has 1 aliphatic rings. The molecule has 1 rings (SSSR count). The van der Waals surface area contributed by atoms with Crippen molar-refractivity contribution in [1.29, 1.82) is 0 Å². The number of hydrogen-bond donors (Lipinski definition) is 0. The zero-order chi connectivity index (χ0) is 10.4. The molecule has 0 aromatic carbocycles. The molecular formula is C11H22O3. The van der Waals surface area contributed by atoms with Crippen molar-refractivity contribution in [2.75, 3.05) is 20.3 Å². The molecule has 3 nitrogen and oxygen atoms in total. The van der Waals surface area contributed by atoms with Gasteiger partial charge >= 0.3 is 0 Å². The molecule has 14 heavy (non-hydrogen) atoms. The van der Waals surface area contributed by atoms with Gasteiger partial charge in [0.1, 0.15) is 0 Å². The molecule has 0 spiro atoms. The van der Waals surface area contributed by atoms with Crippen LogP contribution in [0.4, 0.5) is 0 Å². The Labute approximate surface area is 86.7 Å². The van der Waals surface area contributed by atoms with Gasteiger partial charge in [-0.3, -0.25) is 0 Å². The van der Waals surface area contributed by atoms with Gasteiger partial charge in [0, 0.05) is 19.6 Å². The van der Waals surface area contributed by atoms with Gasteiger partial charge in [-0.1, -0.05) is 6.92 Å². The molecule has 3 atom stereocenters. The lowest BCUT2D eigenvalue weighted by Gasteiger charge is -2.28. The Morgan fingerprint density at radius 2 is 2.14 bits per heavy atom. The molecule has 0 bridgehead atoms. The molecule has 0 N–H and O–H groups in total. The van der Waals surface area contributed by atoms with Crippen molar-refractivity contribution in [2.45, 2.75) is 45.5 Å². The molecule has 0 saturated carbocycles. The zero-order valence-corrected chi connectivity index (χ0v) is 9.49. The summed E-state index contributed by atoms with van der Waals surface area (Å²) >= 11 is 0. The fourth-order valence-electron chi connectivity index (χ4n) is 1.59. The van der Waals surface area contributed by atoms with E-state index in [2.05, 4.69) is 13.8 Å². The zero-order valence-electron chi connectivity index (χ0n) is 9.49. The van der Waals surface area contributed by atoms with Crippen LogP contribution in [0.3, 0.4) is 0 Å². The smallest absolute Gasteiger partial charge is 0.157 e. The molecule has 1 saturated heterocycles. The first kappa shape index (κ1) is 12.0. The normalized spacial score (nSPS) is 27.2. The van der Waals surface area contributed by atoms with Gasteiger partial charge in [-0.15, -0.1) is 0 Å². The Hall–Kier alpha value is -0.120. The van der Waals surface area contributed by atoms with Crippen LogP contribution in [0.1, 0.15) is 33.1 Å². The van der Waals surface area contributed by atoms with Gasteiger partial charge in [-0.2, -0.15) is 0 Å². The Morgan fingerprint density at radius 1 is 1.36 bits per heavy atom. The van der Waals surface area contributed by atoms with Crippen LogP contribution in [-0.4, -0.2) is 32.7 Å². The molecule has 0 radical (unpaired) electrons. The maximum absolute atomic E-state index is 5.80. The summed E-state index contributed by atoms with van der Waals surface area (Å²) in [5.74, 6) is 0.422. The first-order chi connectivity index (χ1) is 6.74. The van der Waals surface area contributed by atoms with E-state index in [-0.39, 0.29) is 12.4 Å².